The molecule has 3 nitrogen and oxygen atoms in total. The molecule has 0 bridgehead atoms. The van der Waals surface area contributed by atoms with E-state index in [1.165, 1.54) is 11.1 Å². The van der Waals surface area contributed by atoms with E-state index in [-0.39, 0.29) is 12.1 Å². The first-order valence-electron chi connectivity index (χ1n) is 7.97. The average molecular weight is 289 g/mol. The summed E-state index contributed by atoms with van der Waals surface area (Å²) >= 11 is 0. The largest absolute Gasteiger partial charge is 0.444 e. The Morgan fingerprint density at radius 2 is 1.95 bits per heavy atom. The van der Waals surface area contributed by atoms with Crippen LogP contribution in [0.15, 0.2) is 24.3 Å². The van der Waals surface area contributed by atoms with Crippen molar-refractivity contribution in [2.75, 3.05) is 0 Å². The van der Waals surface area contributed by atoms with Crippen LogP contribution in [0.5, 0.6) is 0 Å². The van der Waals surface area contributed by atoms with E-state index in [1.807, 2.05) is 31.7 Å². The summed E-state index contributed by atoms with van der Waals surface area (Å²) in [6.45, 7) is 8.62. The zero-order valence-electron chi connectivity index (χ0n) is 13.7. The summed E-state index contributed by atoms with van der Waals surface area (Å²) in [7, 11) is 0. The Kier molecular flexibility index (Phi) is 4.92. The maximum Gasteiger partial charge on any atom is 0.410 e. The summed E-state index contributed by atoms with van der Waals surface area (Å²) in [6, 6.07) is 8.68. The number of unbranched alkanes of at least 4 members (excludes halogenated alkanes) is 1. The van der Waals surface area contributed by atoms with E-state index < -0.39 is 5.60 Å². The van der Waals surface area contributed by atoms with Gasteiger partial charge in [0.05, 0.1) is 0 Å². The third kappa shape index (κ3) is 4.23. The van der Waals surface area contributed by atoms with Crippen LogP contribution < -0.4 is 0 Å². The average Bonchev–Trinajstić information content (AvgIpc) is 2.42. The van der Waals surface area contributed by atoms with Crippen LogP contribution in [0, 0.1) is 0 Å². The highest BCUT2D eigenvalue weighted by Crippen LogP contribution is 2.27. The van der Waals surface area contributed by atoms with Gasteiger partial charge in [0, 0.05) is 12.6 Å². The van der Waals surface area contributed by atoms with Gasteiger partial charge in [0.15, 0.2) is 0 Å². The molecule has 1 aliphatic rings. The summed E-state index contributed by atoms with van der Waals surface area (Å²) in [4.78, 5) is 14.4. The number of benzene rings is 1. The number of ether oxygens (including phenoxy) is 1. The van der Waals surface area contributed by atoms with Crippen LogP contribution in [-0.2, 0) is 17.7 Å². The number of hydrogen-bond acceptors (Lipinski definition) is 2. The Morgan fingerprint density at radius 3 is 2.57 bits per heavy atom. The first-order chi connectivity index (χ1) is 9.90. The second kappa shape index (κ2) is 6.50. The molecule has 1 aromatic rings. The van der Waals surface area contributed by atoms with Crippen molar-refractivity contribution in [3.8, 4) is 0 Å². The summed E-state index contributed by atoms with van der Waals surface area (Å²) < 4.78 is 5.59. The number of hydrogen-bond donors (Lipinski definition) is 0. The van der Waals surface area contributed by atoms with E-state index in [0.717, 1.165) is 25.7 Å². The van der Waals surface area contributed by atoms with Gasteiger partial charge in [-0.15, -0.1) is 0 Å². The van der Waals surface area contributed by atoms with Crippen LogP contribution in [0.25, 0.3) is 0 Å². The number of rotatable bonds is 3. The highest BCUT2D eigenvalue weighted by molar-refractivity contribution is 5.69. The molecule has 1 atom stereocenters. The zero-order valence-corrected chi connectivity index (χ0v) is 13.7. The molecule has 0 N–H and O–H groups in total. The molecule has 0 saturated heterocycles. The normalized spacial score (nSPS) is 18.3. The van der Waals surface area contributed by atoms with Crippen molar-refractivity contribution < 1.29 is 9.53 Å². The molecule has 1 aromatic carbocycles. The molecule has 0 saturated carbocycles. The molecule has 1 aliphatic heterocycles. The lowest BCUT2D eigenvalue weighted by molar-refractivity contribution is 0.0108. The second-order valence-electron chi connectivity index (χ2n) is 6.88. The molecule has 0 aromatic heterocycles. The molecular formula is C18H27NO2. The van der Waals surface area contributed by atoms with Crippen molar-refractivity contribution in [3.63, 3.8) is 0 Å². The predicted octanol–water partition coefficient (Wildman–Crippen LogP) is 4.54. The van der Waals surface area contributed by atoms with E-state index in [1.54, 1.807) is 0 Å². The van der Waals surface area contributed by atoms with Gasteiger partial charge in [-0.1, -0.05) is 44.0 Å². The van der Waals surface area contributed by atoms with Gasteiger partial charge in [-0.05, 0) is 44.7 Å². The zero-order chi connectivity index (χ0) is 15.5. The van der Waals surface area contributed by atoms with Gasteiger partial charge in [-0.25, -0.2) is 4.79 Å². The number of nitrogens with zero attached hydrogens (tertiary/aromatic N) is 1. The Hall–Kier alpha value is -1.51. The van der Waals surface area contributed by atoms with E-state index in [2.05, 4.69) is 25.1 Å². The fraction of sp³-hybridized carbons (Fsp3) is 0.611. The minimum Gasteiger partial charge on any atom is -0.444 e. The summed E-state index contributed by atoms with van der Waals surface area (Å²) in [5.74, 6) is 0. The summed E-state index contributed by atoms with van der Waals surface area (Å²) in [5, 5.41) is 0. The lowest BCUT2D eigenvalue weighted by Gasteiger charge is -2.38. The molecule has 0 fully saturated rings. The Balaban J connectivity index is 2.17. The van der Waals surface area contributed by atoms with Crippen molar-refractivity contribution in [1.29, 1.82) is 0 Å². The second-order valence-corrected chi connectivity index (χ2v) is 6.88. The van der Waals surface area contributed by atoms with E-state index in [4.69, 9.17) is 4.74 Å². The fourth-order valence-electron chi connectivity index (χ4n) is 2.82. The molecule has 116 valence electrons. The Morgan fingerprint density at radius 1 is 1.29 bits per heavy atom. The lowest BCUT2D eigenvalue weighted by Crippen LogP contribution is -2.46. The molecule has 0 aliphatic carbocycles. The molecule has 0 spiro atoms. The van der Waals surface area contributed by atoms with Gasteiger partial charge in [0.2, 0.25) is 0 Å². The number of carbonyl (C=O) groups excluding carboxylic acids is 1. The van der Waals surface area contributed by atoms with Gasteiger partial charge in [-0.3, -0.25) is 0 Å². The monoisotopic (exact) mass is 289 g/mol. The Bertz CT molecular complexity index is 490. The predicted molar refractivity (Wildman–Crippen MR) is 85.2 cm³/mol. The molecule has 0 radical (unpaired) electrons. The van der Waals surface area contributed by atoms with Gasteiger partial charge in [0.1, 0.15) is 5.60 Å². The lowest BCUT2D eigenvalue weighted by atomic mass is 9.91. The van der Waals surface area contributed by atoms with Crippen LogP contribution in [0.4, 0.5) is 4.79 Å². The number of fused-ring (bicyclic) bond motifs is 1. The van der Waals surface area contributed by atoms with Gasteiger partial charge < -0.3 is 9.64 Å². The summed E-state index contributed by atoms with van der Waals surface area (Å²) in [5.41, 5.74) is 2.18. The van der Waals surface area contributed by atoms with E-state index in [9.17, 15) is 4.79 Å². The standard InChI is InChI=1S/C18H27NO2/c1-5-6-11-16-12-14-9-7-8-10-15(14)13-19(16)17(20)21-18(2,3)4/h7-10,16H,5-6,11-13H2,1-4H3. The smallest absolute Gasteiger partial charge is 0.410 e. The fourth-order valence-corrected chi connectivity index (χ4v) is 2.82. The van der Waals surface area contributed by atoms with Gasteiger partial charge >= 0.3 is 6.09 Å². The van der Waals surface area contributed by atoms with Crippen molar-refractivity contribution in [3.05, 3.63) is 35.4 Å². The van der Waals surface area contributed by atoms with Crippen LogP contribution in [-0.4, -0.2) is 22.6 Å². The van der Waals surface area contributed by atoms with Crippen molar-refractivity contribution >= 4 is 6.09 Å². The molecule has 1 heterocycles. The minimum absolute atomic E-state index is 0.182. The molecule has 2 rings (SSSR count). The molecule has 1 unspecified atom stereocenters. The Labute approximate surface area is 128 Å². The van der Waals surface area contributed by atoms with Crippen LogP contribution >= 0.6 is 0 Å². The molecular weight excluding hydrogens is 262 g/mol. The highest BCUT2D eigenvalue weighted by atomic mass is 16.6. The van der Waals surface area contributed by atoms with E-state index in [0.29, 0.717) is 6.54 Å². The quantitative estimate of drug-likeness (QED) is 0.817. The molecule has 1 amide bonds. The third-order valence-corrected chi connectivity index (χ3v) is 3.87. The number of amides is 1. The van der Waals surface area contributed by atoms with Gasteiger partial charge in [-0.2, -0.15) is 0 Å². The van der Waals surface area contributed by atoms with Crippen LogP contribution in [0.3, 0.4) is 0 Å². The third-order valence-electron chi connectivity index (χ3n) is 3.87. The van der Waals surface area contributed by atoms with Crippen molar-refractivity contribution in [2.45, 2.75) is 71.6 Å². The van der Waals surface area contributed by atoms with E-state index >= 15 is 0 Å². The maximum absolute atomic E-state index is 12.5. The molecule has 3 heteroatoms. The molecule has 21 heavy (non-hydrogen) atoms. The van der Waals surface area contributed by atoms with Crippen molar-refractivity contribution in [1.82, 2.24) is 4.90 Å². The van der Waals surface area contributed by atoms with Crippen LogP contribution in [0.1, 0.15) is 58.1 Å². The van der Waals surface area contributed by atoms with Crippen molar-refractivity contribution in [2.24, 2.45) is 0 Å². The SMILES string of the molecule is CCCCC1Cc2ccccc2CN1C(=O)OC(C)(C)C. The topological polar surface area (TPSA) is 29.5 Å². The van der Waals surface area contributed by atoms with Crippen LogP contribution in [0.2, 0.25) is 0 Å². The first kappa shape index (κ1) is 15.9. The number of carbonyl (C=O) groups is 1. The highest BCUT2D eigenvalue weighted by Gasteiger charge is 2.32. The minimum atomic E-state index is -0.441. The first-order valence-corrected chi connectivity index (χ1v) is 7.97. The summed E-state index contributed by atoms with van der Waals surface area (Å²) in [6.07, 6.45) is 4.10. The van der Waals surface area contributed by atoms with Gasteiger partial charge in [0.25, 0.3) is 0 Å². The maximum atomic E-state index is 12.5.